The summed E-state index contributed by atoms with van der Waals surface area (Å²) in [5, 5.41) is 0.830. The summed E-state index contributed by atoms with van der Waals surface area (Å²) in [4.78, 5) is 31.2. The van der Waals surface area contributed by atoms with Crippen molar-refractivity contribution in [1.82, 2.24) is 9.88 Å². The van der Waals surface area contributed by atoms with Gasteiger partial charge >= 0.3 is 0 Å². The summed E-state index contributed by atoms with van der Waals surface area (Å²) in [6, 6.07) is 13.0. The van der Waals surface area contributed by atoms with E-state index in [0.29, 0.717) is 28.1 Å². The summed E-state index contributed by atoms with van der Waals surface area (Å²) in [5.74, 6) is 1.10. The van der Waals surface area contributed by atoms with Gasteiger partial charge in [-0.3, -0.25) is 9.59 Å². The van der Waals surface area contributed by atoms with Crippen molar-refractivity contribution >= 4 is 32.7 Å². The number of aromatic amines is 1. The first-order chi connectivity index (χ1) is 15.5. The molecule has 0 radical (unpaired) electrons. The van der Waals surface area contributed by atoms with E-state index in [4.69, 9.17) is 9.47 Å². The molecule has 2 aromatic carbocycles. The average Bonchev–Trinajstić information content (AvgIpc) is 2.82. The fraction of sp³-hybridized carbons (Fsp3) is 0.360. The highest BCUT2D eigenvalue weighted by molar-refractivity contribution is 9.10. The minimum absolute atomic E-state index is 0.0452. The van der Waals surface area contributed by atoms with E-state index in [-0.39, 0.29) is 24.1 Å². The van der Waals surface area contributed by atoms with Crippen LogP contribution in [-0.4, -0.2) is 36.1 Å². The van der Waals surface area contributed by atoms with Gasteiger partial charge in [-0.25, -0.2) is 0 Å². The summed E-state index contributed by atoms with van der Waals surface area (Å²) < 4.78 is 11.7. The number of hydrogen-bond donors (Lipinski definition) is 1. The summed E-state index contributed by atoms with van der Waals surface area (Å²) in [5.41, 5.74) is 1.65. The molecule has 0 spiro atoms. The van der Waals surface area contributed by atoms with Crippen molar-refractivity contribution in [2.24, 2.45) is 0 Å². The molecule has 3 aromatic rings. The van der Waals surface area contributed by atoms with Crippen molar-refractivity contribution < 1.29 is 14.3 Å². The second kappa shape index (κ2) is 9.77. The lowest BCUT2D eigenvalue weighted by atomic mass is 9.93. The zero-order valence-electron chi connectivity index (χ0n) is 18.3. The molecule has 4 rings (SSSR count). The molecule has 6 nitrogen and oxygen atoms in total. The van der Waals surface area contributed by atoms with Crippen LogP contribution in [0.2, 0.25) is 0 Å². The number of carbonyl (C=O) groups is 1. The molecule has 1 N–H and O–H groups in total. The van der Waals surface area contributed by atoms with Crippen molar-refractivity contribution in [2.45, 2.75) is 44.7 Å². The molecule has 32 heavy (non-hydrogen) atoms. The summed E-state index contributed by atoms with van der Waals surface area (Å²) in [6.07, 6.45) is 5.30. The molecule has 0 unspecified atom stereocenters. The molecule has 0 aliphatic heterocycles. The van der Waals surface area contributed by atoms with Crippen molar-refractivity contribution in [1.29, 1.82) is 0 Å². The maximum atomic E-state index is 13.5. The molecular weight excluding hydrogens is 472 g/mol. The van der Waals surface area contributed by atoms with Crippen LogP contribution >= 0.6 is 15.9 Å². The van der Waals surface area contributed by atoms with Crippen molar-refractivity contribution in [3.05, 3.63) is 68.4 Å². The number of nitrogens with zero attached hydrogens (tertiary/aromatic N) is 1. The fourth-order valence-corrected chi connectivity index (χ4v) is 4.66. The van der Waals surface area contributed by atoms with E-state index in [2.05, 4.69) is 20.9 Å². The number of amides is 1. The lowest BCUT2D eigenvalue weighted by Crippen LogP contribution is -2.42. The first-order valence-corrected chi connectivity index (χ1v) is 11.6. The van der Waals surface area contributed by atoms with Gasteiger partial charge in [-0.1, -0.05) is 35.2 Å². The van der Waals surface area contributed by atoms with Gasteiger partial charge in [0, 0.05) is 33.1 Å². The SMILES string of the molecule is COc1cc2cc(CN(C(=O)c3ccc(Br)cc3)C3CCCCC3)c(=O)[nH]c2cc1OC. The Balaban J connectivity index is 1.72. The number of rotatable bonds is 6. The normalized spacial score (nSPS) is 14.3. The molecule has 1 aliphatic rings. The molecule has 0 saturated heterocycles. The lowest BCUT2D eigenvalue weighted by Gasteiger charge is -2.34. The van der Waals surface area contributed by atoms with Crippen molar-refractivity contribution in [3.8, 4) is 11.5 Å². The minimum Gasteiger partial charge on any atom is -0.493 e. The van der Waals surface area contributed by atoms with Gasteiger partial charge in [0.1, 0.15) is 0 Å². The van der Waals surface area contributed by atoms with Gasteiger partial charge in [-0.15, -0.1) is 0 Å². The number of methoxy groups -OCH3 is 2. The molecule has 0 bridgehead atoms. The highest BCUT2D eigenvalue weighted by Crippen LogP contribution is 2.32. The second-order valence-electron chi connectivity index (χ2n) is 8.15. The molecule has 7 heteroatoms. The highest BCUT2D eigenvalue weighted by atomic mass is 79.9. The third-order valence-electron chi connectivity index (χ3n) is 6.13. The Hall–Kier alpha value is -2.80. The van der Waals surface area contributed by atoms with Gasteiger partial charge in [-0.05, 0) is 49.2 Å². The van der Waals surface area contributed by atoms with E-state index in [1.165, 1.54) is 6.42 Å². The van der Waals surface area contributed by atoms with Crippen molar-refractivity contribution in [3.63, 3.8) is 0 Å². The van der Waals surface area contributed by atoms with E-state index in [9.17, 15) is 9.59 Å². The third kappa shape index (κ3) is 4.67. The van der Waals surface area contributed by atoms with Crippen LogP contribution < -0.4 is 15.0 Å². The molecule has 1 saturated carbocycles. The van der Waals surface area contributed by atoms with E-state index in [0.717, 1.165) is 35.5 Å². The zero-order chi connectivity index (χ0) is 22.7. The van der Waals surface area contributed by atoms with E-state index in [1.54, 1.807) is 20.3 Å². The summed E-state index contributed by atoms with van der Waals surface area (Å²) >= 11 is 3.43. The van der Waals surface area contributed by atoms with Gasteiger partial charge in [0.15, 0.2) is 11.5 Å². The molecule has 1 heterocycles. The number of halogens is 1. The number of pyridine rings is 1. The zero-order valence-corrected chi connectivity index (χ0v) is 19.9. The summed E-state index contributed by atoms with van der Waals surface area (Å²) in [6.45, 7) is 0.263. The van der Waals surface area contributed by atoms with Crippen molar-refractivity contribution in [2.75, 3.05) is 14.2 Å². The number of hydrogen-bond acceptors (Lipinski definition) is 4. The van der Waals surface area contributed by atoms with Crippen LogP contribution in [0.4, 0.5) is 0 Å². The van der Waals surface area contributed by atoms with Crippen LogP contribution in [-0.2, 0) is 6.54 Å². The predicted octanol–water partition coefficient (Wildman–Crippen LogP) is 5.28. The van der Waals surface area contributed by atoms with E-state index >= 15 is 0 Å². The molecular formula is C25H27BrN2O4. The smallest absolute Gasteiger partial charge is 0.254 e. The quantitative estimate of drug-likeness (QED) is 0.501. The maximum absolute atomic E-state index is 13.5. The predicted molar refractivity (Wildman–Crippen MR) is 129 cm³/mol. The lowest BCUT2D eigenvalue weighted by molar-refractivity contribution is 0.0613. The molecule has 1 fully saturated rings. The second-order valence-corrected chi connectivity index (χ2v) is 9.07. The summed E-state index contributed by atoms with van der Waals surface area (Å²) in [7, 11) is 3.14. The number of aromatic nitrogens is 1. The van der Waals surface area contributed by atoms with Gasteiger partial charge in [0.05, 0.1) is 26.3 Å². The first-order valence-electron chi connectivity index (χ1n) is 10.8. The first kappa shape index (κ1) is 22.4. The Labute approximate surface area is 195 Å². The number of H-pyrrole nitrogens is 1. The Bertz CT molecular complexity index is 1170. The van der Waals surface area contributed by atoms with Crippen LogP contribution in [0.1, 0.15) is 48.0 Å². The highest BCUT2D eigenvalue weighted by Gasteiger charge is 2.27. The maximum Gasteiger partial charge on any atom is 0.254 e. The molecule has 1 amide bonds. The third-order valence-corrected chi connectivity index (χ3v) is 6.66. The Morgan fingerprint density at radius 2 is 1.69 bits per heavy atom. The number of fused-ring (bicyclic) bond motifs is 1. The van der Waals surface area contributed by atoms with E-state index in [1.807, 2.05) is 41.3 Å². The molecule has 0 atom stereocenters. The number of nitrogens with one attached hydrogen (secondary N) is 1. The Morgan fingerprint density at radius 1 is 1.03 bits per heavy atom. The van der Waals surface area contributed by atoms with Gasteiger partial charge in [0.2, 0.25) is 0 Å². The standard InChI is InChI=1S/C25H27BrN2O4/c1-31-22-13-17-12-18(24(29)27-21(17)14-23(22)32-2)15-28(20-6-4-3-5-7-20)25(30)16-8-10-19(26)11-9-16/h8-14,20H,3-7,15H2,1-2H3,(H,27,29). The topological polar surface area (TPSA) is 71.6 Å². The van der Waals surface area contributed by atoms with Crippen LogP contribution in [0, 0.1) is 0 Å². The number of carbonyl (C=O) groups excluding carboxylic acids is 1. The van der Waals surface area contributed by atoms with Gasteiger partial charge in [-0.2, -0.15) is 0 Å². The monoisotopic (exact) mass is 498 g/mol. The Morgan fingerprint density at radius 3 is 2.34 bits per heavy atom. The Kier molecular flexibility index (Phi) is 6.84. The number of benzene rings is 2. The van der Waals surface area contributed by atoms with E-state index < -0.39 is 0 Å². The van der Waals surface area contributed by atoms with Crippen LogP contribution in [0.3, 0.4) is 0 Å². The fourth-order valence-electron chi connectivity index (χ4n) is 4.40. The largest absolute Gasteiger partial charge is 0.493 e. The van der Waals surface area contributed by atoms with Crippen LogP contribution in [0.15, 0.2) is 51.7 Å². The van der Waals surface area contributed by atoms with Crippen LogP contribution in [0.25, 0.3) is 10.9 Å². The molecule has 1 aliphatic carbocycles. The van der Waals surface area contributed by atoms with Gasteiger partial charge in [0.25, 0.3) is 11.5 Å². The van der Waals surface area contributed by atoms with Gasteiger partial charge < -0.3 is 19.4 Å². The minimum atomic E-state index is -0.200. The average molecular weight is 499 g/mol. The molecule has 1 aromatic heterocycles. The molecule has 168 valence electrons. The number of ether oxygens (including phenoxy) is 2. The van der Waals surface area contributed by atoms with Crippen LogP contribution in [0.5, 0.6) is 11.5 Å².